The molecule has 4 rings (SSSR count). The molecule has 0 radical (unpaired) electrons. The molecule has 28 heavy (non-hydrogen) atoms. The number of ether oxygens (including phenoxy) is 1. The van der Waals surface area contributed by atoms with Gasteiger partial charge in [0.05, 0.1) is 25.7 Å². The van der Waals surface area contributed by atoms with E-state index in [1.165, 1.54) is 24.1 Å². The van der Waals surface area contributed by atoms with E-state index in [9.17, 15) is 4.79 Å². The Kier molecular flexibility index (Phi) is 6.01. The van der Waals surface area contributed by atoms with Crippen molar-refractivity contribution in [2.75, 3.05) is 26.7 Å². The summed E-state index contributed by atoms with van der Waals surface area (Å²) in [5, 5.41) is 0. The number of H-pyrrole nitrogens is 1. The molecule has 2 saturated heterocycles. The van der Waals surface area contributed by atoms with Gasteiger partial charge in [0.25, 0.3) is 0 Å². The summed E-state index contributed by atoms with van der Waals surface area (Å²) >= 11 is 0. The zero-order valence-corrected chi connectivity index (χ0v) is 16.8. The second-order valence-corrected chi connectivity index (χ2v) is 7.98. The van der Waals surface area contributed by atoms with Crippen molar-refractivity contribution in [2.24, 2.45) is 0 Å². The number of rotatable bonds is 5. The molecule has 2 fully saturated rings. The molecule has 5 heteroatoms. The third kappa shape index (κ3) is 4.09. The van der Waals surface area contributed by atoms with Gasteiger partial charge in [-0.05, 0) is 62.1 Å². The molecule has 1 amide bonds. The van der Waals surface area contributed by atoms with Crippen molar-refractivity contribution in [3.8, 4) is 5.75 Å². The highest BCUT2D eigenvalue weighted by atomic mass is 16.5. The standard InChI is InChI=1S/C23H31N3O2/c1-28-19-12-10-18(11-13-19)21-8-3-2-4-16-26(21)23(27)17-25-15-6-9-22(25)20-7-5-14-24-20/h5,7,10-14,21-22,24H,2-4,6,8-9,15-17H2,1H3/t21-,22-/m1/s1. The van der Waals surface area contributed by atoms with Crippen molar-refractivity contribution in [3.05, 3.63) is 53.9 Å². The number of nitrogens with zero attached hydrogens (tertiary/aromatic N) is 2. The quantitative estimate of drug-likeness (QED) is 0.840. The molecule has 1 aromatic heterocycles. The van der Waals surface area contributed by atoms with Crippen LogP contribution in [0.2, 0.25) is 0 Å². The number of aromatic nitrogens is 1. The van der Waals surface area contributed by atoms with Gasteiger partial charge in [-0.15, -0.1) is 0 Å². The molecule has 2 aromatic rings. The highest BCUT2D eigenvalue weighted by molar-refractivity contribution is 5.79. The minimum absolute atomic E-state index is 0.174. The van der Waals surface area contributed by atoms with E-state index in [0.29, 0.717) is 12.6 Å². The summed E-state index contributed by atoms with van der Waals surface area (Å²) in [6.45, 7) is 2.36. The maximum atomic E-state index is 13.4. The molecule has 3 heterocycles. The topological polar surface area (TPSA) is 48.6 Å². The lowest BCUT2D eigenvalue weighted by molar-refractivity contribution is -0.135. The lowest BCUT2D eigenvalue weighted by Crippen LogP contribution is -2.42. The average Bonchev–Trinajstić information content (AvgIpc) is 3.34. The predicted octanol–water partition coefficient (Wildman–Crippen LogP) is 4.30. The van der Waals surface area contributed by atoms with E-state index in [1.54, 1.807) is 7.11 Å². The first kappa shape index (κ1) is 19.1. The van der Waals surface area contributed by atoms with Gasteiger partial charge in [0.2, 0.25) is 5.91 Å². The second kappa shape index (κ2) is 8.82. The number of carbonyl (C=O) groups excluding carboxylic acids is 1. The first-order valence-corrected chi connectivity index (χ1v) is 10.6. The Morgan fingerprint density at radius 3 is 2.61 bits per heavy atom. The third-order valence-corrected chi connectivity index (χ3v) is 6.26. The van der Waals surface area contributed by atoms with E-state index in [2.05, 4.69) is 33.0 Å². The molecular formula is C23H31N3O2. The first-order chi connectivity index (χ1) is 13.8. The fourth-order valence-corrected chi connectivity index (χ4v) is 4.76. The summed E-state index contributed by atoms with van der Waals surface area (Å²) in [4.78, 5) is 21.2. The van der Waals surface area contributed by atoms with Gasteiger partial charge in [-0.2, -0.15) is 0 Å². The Balaban J connectivity index is 1.49. The Labute approximate surface area is 167 Å². The molecular weight excluding hydrogens is 350 g/mol. The summed E-state index contributed by atoms with van der Waals surface area (Å²) in [7, 11) is 1.69. The first-order valence-electron chi connectivity index (χ1n) is 10.6. The van der Waals surface area contributed by atoms with Crippen LogP contribution in [0.4, 0.5) is 0 Å². The van der Waals surface area contributed by atoms with Crippen LogP contribution in [0.1, 0.15) is 61.9 Å². The zero-order valence-electron chi connectivity index (χ0n) is 16.8. The van der Waals surface area contributed by atoms with Gasteiger partial charge in [-0.1, -0.05) is 25.0 Å². The number of amides is 1. The number of methoxy groups -OCH3 is 1. The van der Waals surface area contributed by atoms with E-state index < -0.39 is 0 Å². The maximum Gasteiger partial charge on any atom is 0.237 e. The van der Waals surface area contributed by atoms with Gasteiger partial charge < -0.3 is 14.6 Å². The van der Waals surface area contributed by atoms with Crippen molar-refractivity contribution in [1.82, 2.24) is 14.8 Å². The van der Waals surface area contributed by atoms with Crippen molar-refractivity contribution in [3.63, 3.8) is 0 Å². The lowest BCUT2D eigenvalue weighted by atomic mass is 10.0. The molecule has 0 bridgehead atoms. The third-order valence-electron chi connectivity index (χ3n) is 6.26. The molecule has 0 spiro atoms. The van der Waals surface area contributed by atoms with Gasteiger partial charge in [0.1, 0.15) is 5.75 Å². The van der Waals surface area contributed by atoms with E-state index in [4.69, 9.17) is 4.74 Å². The van der Waals surface area contributed by atoms with Crippen LogP contribution in [0.25, 0.3) is 0 Å². The number of hydrogen-bond donors (Lipinski definition) is 1. The maximum absolute atomic E-state index is 13.4. The molecule has 0 saturated carbocycles. The van der Waals surface area contributed by atoms with Crippen molar-refractivity contribution >= 4 is 5.91 Å². The fraction of sp³-hybridized carbons (Fsp3) is 0.522. The van der Waals surface area contributed by atoms with Crippen molar-refractivity contribution < 1.29 is 9.53 Å². The van der Waals surface area contributed by atoms with Crippen LogP contribution in [-0.4, -0.2) is 47.4 Å². The molecule has 2 atom stereocenters. The Morgan fingerprint density at radius 1 is 1.04 bits per heavy atom. The SMILES string of the molecule is COc1ccc([C@H]2CCCCCN2C(=O)CN2CCC[C@@H]2c2ccc[nH]2)cc1. The Morgan fingerprint density at radius 2 is 1.86 bits per heavy atom. The minimum Gasteiger partial charge on any atom is -0.497 e. The van der Waals surface area contributed by atoms with E-state index in [0.717, 1.165) is 44.5 Å². The highest BCUT2D eigenvalue weighted by Gasteiger charge is 2.32. The summed E-state index contributed by atoms with van der Waals surface area (Å²) in [5.74, 6) is 1.13. The minimum atomic E-state index is 0.174. The molecule has 150 valence electrons. The Hall–Kier alpha value is -2.27. The molecule has 1 aromatic carbocycles. The number of carbonyl (C=O) groups is 1. The molecule has 1 N–H and O–H groups in total. The lowest BCUT2D eigenvalue weighted by Gasteiger charge is -2.33. The average molecular weight is 382 g/mol. The summed E-state index contributed by atoms with van der Waals surface area (Å²) in [6, 6.07) is 12.9. The van der Waals surface area contributed by atoms with Crippen LogP contribution < -0.4 is 4.74 Å². The zero-order chi connectivity index (χ0) is 19.3. The van der Waals surface area contributed by atoms with Crippen molar-refractivity contribution in [1.29, 1.82) is 0 Å². The van der Waals surface area contributed by atoms with E-state index in [1.807, 2.05) is 24.4 Å². The normalized spacial score (nSPS) is 23.5. The molecule has 5 nitrogen and oxygen atoms in total. The van der Waals surface area contributed by atoms with Gasteiger partial charge in [0, 0.05) is 18.4 Å². The Bertz CT molecular complexity index is 757. The smallest absolute Gasteiger partial charge is 0.237 e. The van der Waals surface area contributed by atoms with Crippen LogP contribution in [0.3, 0.4) is 0 Å². The summed E-state index contributed by atoms with van der Waals surface area (Å²) < 4.78 is 5.30. The van der Waals surface area contributed by atoms with Gasteiger partial charge in [-0.25, -0.2) is 0 Å². The molecule has 0 aliphatic carbocycles. The molecule has 2 aliphatic rings. The summed E-state index contributed by atoms with van der Waals surface area (Å²) in [5.41, 5.74) is 2.45. The summed E-state index contributed by atoms with van der Waals surface area (Å²) in [6.07, 6.45) is 8.76. The monoisotopic (exact) mass is 381 g/mol. The fourth-order valence-electron chi connectivity index (χ4n) is 4.76. The van der Waals surface area contributed by atoms with Crippen LogP contribution >= 0.6 is 0 Å². The number of nitrogens with one attached hydrogen (secondary N) is 1. The second-order valence-electron chi connectivity index (χ2n) is 7.98. The number of benzene rings is 1. The van der Waals surface area contributed by atoms with Gasteiger partial charge in [-0.3, -0.25) is 9.69 Å². The van der Waals surface area contributed by atoms with Crippen LogP contribution in [-0.2, 0) is 4.79 Å². The van der Waals surface area contributed by atoms with E-state index >= 15 is 0 Å². The van der Waals surface area contributed by atoms with E-state index in [-0.39, 0.29) is 11.9 Å². The van der Waals surface area contributed by atoms with Gasteiger partial charge >= 0.3 is 0 Å². The largest absolute Gasteiger partial charge is 0.497 e. The number of likely N-dealkylation sites (tertiary alicyclic amines) is 2. The number of aromatic amines is 1. The highest BCUT2D eigenvalue weighted by Crippen LogP contribution is 2.34. The van der Waals surface area contributed by atoms with Crippen molar-refractivity contribution in [2.45, 2.75) is 50.6 Å². The van der Waals surface area contributed by atoms with Crippen LogP contribution in [0.5, 0.6) is 5.75 Å². The van der Waals surface area contributed by atoms with Crippen LogP contribution in [0.15, 0.2) is 42.6 Å². The van der Waals surface area contributed by atoms with Gasteiger partial charge in [0.15, 0.2) is 0 Å². The number of hydrogen-bond acceptors (Lipinski definition) is 3. The molecule has 0 unspecified atom stereocenters. The molecule has 2 aliphatic heterocycles. The van der Waals surface area contributed by atoms with Crippen LogP contribution in [0, 0.1) is 0 Å². The predicted molar refractivity (Wildman–Crippen MR) is 110 cm³/mol.